The van der Waals surface area contributed by atoms with E-state index in [1.165, 1.54) is 31.2 Å². The van der Waals surface area contributed by atoms with Crippen molar-refractivity contribution in [3.8, 4) is 5.75 Å². The van der Waals surface area contributed by atoms with Gasteiger partial charge in [0.2, 0.25) is 0 Å². The highest BCUT2D eigenvalue weighted by atomic mass is 32.1. The quantitative estimate of drug-likeness (QED) is 0.784. The van der Waals surface area contributed by atoms with Crippen LogP contribution in [-0.4, -0.2) is 37.7 Å². The van der Waals surface area contributed by atoms with Crippen LogP contribution in [-0.2, 0) is 0 Å². The van der Waals surface area contributed by atoms with Gasteiger partial charge in [0.05, 0.1) is 13.2 Å². The number of methoxy groups -OCH3 is 1. The SMILES string of the molecule is COc1cccc(NC(=O)NC[C@@H](c2ccsc2)N2CCCCCC2)c1. The Morgan fingerprint density at radius 3 is 2.73 bits per heavy atom. The molecule has 0 aliphatic carbocycles. The van der Waals surface area contributed by atoms with Gasteiger partial charge < -0.3 is 15.4 Å². The second kappa shape index (κ2) is 9.59. The number of nitrogens with one attached hydrogen (secondary N) is 2. The zero-order chi connectivity index (χ0) is 18.2. The maximum Gasteiger partial charge on any atom is 0.319 e. The normalized spacial score (nSPS) is 16.5. The highest BCUT2D eigenvalue weighted by Crippen LogP contribution is 2.25. The zero-order valence-electron chi connectivity index (χ0n) is 15.2. The van der Waals surface area contributed by atoms with E-state index in [1.807, 2.05) is 24.3 Å². The fourth-order valence-electron chi connectivity index (χ4n) is 3.39. The Morgan fingerprint density at radius 1 is 1.23 bits per heavy atom. The van der Waals surface area contributed by atoms with Crippen LogP contribution >= 0.6 is 11.3 Å². The molecule has 1 atom stereocenters. The lowest BCUT2D eigenvalue weighted by molar-refractivity contribution is 0.199. The summed E-state index contributed by atoms with van der Waals surface area (Å²) in [6.07, 6.45) is 5.07. The summed E-state index contributed by atoms with van der Waals surface area (Å²) in [7, 11) is 1.62. The number of hydrogen-bond donors (Lipinski definition) is 2. The maximum absolute atomic E-state index is 12.4. The van der Waals surface area contributed by atoms with Gasteiger partial charge in [-0.15, -0.1) is 0 Å². The van der Waals surface area contributed by atoms with Crippen LogP contribution in [0.4, 0.5) is 10.5 Å². The molecule has 2 heterocycles. The number of amides is 2. The van der Waals surface area contributed by atoms with E-state index in [2.05, 4.69) is 32.4 Å². The van der Waals surface area contributed by atoms with E-state index < -0.39 is 0 Å². The number of nitrogens with zero attached hydrogens (tertiary/aromatic N) is 1. The molecule has 0 saturated carbocycles. The van der Waals surface area contributed by atoms with Gasteiger partial charge in [0.15, 0.2) is 0 Å². The van der Waals surface area contributed by atoms with Gasteiger partial charge in [-0.1, -0.05) is 18.9 Å². The third-order valence-corrected chi connectivity index (χ3v) is 5.49. The largest absolute Gasteiger partial charge is 0.497 e. The molecular weight excluding hydrogens is 346 g/mol. The van der Waals surface area contributed by atoms with Gasteiger partial charge in [-0.3, -0.25) is 4.90 Å². The van der Waals surface area contributed by atoms with Crippen LogP contribution in [0.25, 0.3) is 0 Å². The average Bonchev–Trinajstić information content (AvgIpc) is 3.05. The van der Waals surface area contributed by atoms with Crippen molar-refractivity contribution in [1.82, 2.24) is 10.2 Å². The predicted molar refractivity (Wildman–Crippen MR) is 107 cm³/mol. The molecular formula is C20H27N3O2S. The molecule has 1 saturated heterocycles. The van der Waals surface area contributed by atoms with Crippen LogP contribution in [0, 0.1) is 0 Å². The number of likely N-dealkylation sites (tertiary alicyclic amines) is 1. The van der Waals surface area contributed by atoms with E-state index >= 15 is 0 Å². The summed E-state index contributed by atoms with van der Waals surface area (Å²) in [5, 5.41) is 10.2. The van der Waals surface area contributed by atoms with E-state index in [9.17, 15) is 4.79 Å². The van der Waals surface area contributed by atoms with Crippen LogP contribution in [0.15, 0.2) is 41.1 Å². The van der Waals surface area contributed by atoms with E-state index in [4.69, 9.17) is 4.74 Å². The summed E-state index contributed by atoms with van der Waals surface area (Å²) in [6.45, 7) is 2.80. The molecule has 1 fully saturated rings. The summed E-state index contributed by atoms with van der Waals surface area (Å²) >= 11 is 1.71. The molecule has 0 spiro atoms. The van der Waals surface area contributed by atoms with Gasteiger partial charge >= 0.3 is 6.03 Å². The minimum absolute atomic E-state index is 0.187. The lowest BCUT2D eigenvalue weighted by Gasteiger charge is -2.30. The molecule has 26 heavy (non-hydrogen) atoms. The van der Waals surface area contributed by atoms with Gasteiger partial charge in [0.1, 0.15) is 5.75 Å². The summed E-state index contributed by atoms with van der Waals surface area (Å²) in [6, 6.07) is 9.60. The lowest BCUT2D eigenvalue weighted by atomic mass is 10.1. The van der Waals surface area contributed by atoms with E-state index in [1.54, 1.807) is 18.4 Å². The van der Waals surface area contributed by atoms with Crippen molar-refractivity contribution < 1.29 is 9.53 Å². The number of carbonyl (C=O) groups excluding carboxylic acids is 1. The third-order valence-electron chi connectivity index (χ3n) is 4.79. The summed E-state index contributed by atoms with van der Waals surface area (Å²) in [5.74, 6) is 0.725. The van der Waals surface area contributed by atoms with E-state index in [0.29, 0.717) is 6.54 Å². The molecule has 3 rings (SSSR count). The number of benzene rings is 1. The molecule has 0 radical (unpaired) electrons. The smallest absolute Gasteiger partial charge is 0.319 e. The molecule has 1 aromatic carbocycles. The van der Waals surface area contributed by atoms with Crippen LogP contribution in [0.3, 0.4) is 0 Å². The summed E-state index contributed by atoms with van der Waals surface area (Å²) in [5.41, 5.74) is 2.02. The first-order chi connectivity index (χ1) is 12.8. The number of thiophene rings is 1. The molecule has 2 N–H and O–H groups in total. The fraction of sp³-hybridized carbons (Fsp3) is 0.450. The van der Waals surface area contributed by atoms with Crippen LogP contribution in [0.5, 0.6) is 5.75 Å². The fourth-order valence-corrected chi connectivity index (χ4v) is 4.10. The molecule has 0 unspecified atom stereocenters. The summed E-state index contributed by atoms with van der Waals surface area (Å²) < 4.78 is 5.20. The van der Waals surface area contributed by atoms with E-state index in [-0.39, 0.29) is 12.1 Å². The first kappa shape index (κ1) is 18.7. The first-order valence-electron chi connectivity index (χ1n) is 9.21. The number of ether oxygens (including phenoxy) is 1. The lowest BCUT2D eigenvalue weighted by Crippen LogP contribution is -2.40. The van der Waals surface area contributed by atoms with Gasteiger partial charge in [0, 0.05) is 18.3 Å². The predicted octanol–water partition coefficient (Wildman–Crippen LogP) is 4.50. The molecule has 140 valence electrons. The van der Waals surface area contributed by atoms with Crippen molar-refractivity contribution in [3.05, 3.63) is 46.7 Å². The summed E-state index contributed by atoms with van der Waals surface area (Å²) in [4.78, 5) is 14.9. The van der Waals surface area contributed by atoms with Gasteiger partial charge in [-0.2, -0.15) is 11.3 Å². The highest BCUT2D eigenvalue weighted by Gasteiger charge is 2.22. The molecule has 2 aromatic rings. The Balaban J connectivity index is 1.60. The zero-order valence-corrected chi connectivity index (χ0v) is 16.1. The Morgan fingerprint density at radius 2 is 2.04 bits per heavy atom. The Hall–Kier alpha value is -2.05. The standard InChI is InChI=1S/C20H27N3O2S/c1-25-18-8-6-7-17(13-18)22-20(24)21-14-19(16-9-12-26-15-16)23-10-4-2-3-5-11-23/h6-9,12-13,15,19H,2-5,10-11,14H2,1H3,(H2,21,22,24)/t19-/m0/s1. The molecule has 1 aromatic heterocycles. The van der Waals surface area contributed by atoms with Crippen molar-refractivity contribution in [2.45, 2.75) is 31.7 Å². The third kappa shape index (κ3) is 5.22. The van der Waals surface area contributed by atoms with Crippen molar-refractivity contribution >= 4 is 23.1 Å². The van der Waals surface area contributed by atoms with E-state index in [0.717, 1.165) is 24.5 Å². The molecule has 5 nitrogen and oxygen atoms in total. The number of hydrogen-bond acceptors (Lipinski definition) is 4. The molecule has 1 aliphatic heterocycles. The topological polar surface area (TPSA) is 53.6 Å². The minimum Gasteiger partial charge on any atom is -0.497 e. The van der Waals surface area contributed by atoms with Crippen molar-refractivity contribution in [1.29, 1.82) is 0 Å². The van der Waals surface area contributed by atoms with Crippen LogP contribution in [0.2, 0.25) is 0 Å². The number of rotatable bonds is 6. The van der Waals surface area contributed by atoms with Crippen molar-refractivity contribution in [2.24, 2.45) is 0 Å². The first-order valence-corrected chi connectivity index (χ1v) is 10.2. The van der Waals surface area contributed by atoms with Gasteiger partial charge in [-0.05, 0) is 60.5 Å². The average molecular weight is 374 g/mol. The number of urea groups is 1. The Kier molecular flexibility index (Phi) is 6.91. The monoisotopic (exact) mass is 373 g/mol. The second-order valence-electron chi connectivity index (χ2n) is 6.59. The molecule has 6 heteroatoms. The number of anilines is 1. The number of carbonyl (C=O) groups is 1. The van der Waals surface area contributed by atoms with Crippen molar-refractivity contribution in [3.63, 3.8) is 0 Å². The van der Waals surface area contributed by atoms with Crippen molar-refractivity contribution in [2.75, 3.05) is 32.1 Å². The van der Waals surface area contributed by atoms with Gasteiger partial charge in [0.25, 0.3) is 0 Å². The molecule has 0 bridgehead atoms. The van der Waals surface area contributed by atoms with Gasteiger partial charge in [-0.25, -0.2) is 4.79 Å². The minimum atomic E-state index is -0.187. The van der Waals surface area contributed by atoms with Crippen LogP contribution in [0.1, 0.15) is 37.3 Å². The van der Waals surface area contributed by atoms with Crippen LogP contribution < -0.4 is 15.4 Å². The Labute approximate surface area is 159 Å². The Bertz CT molecular complexity index is 682. The molecule has 2 amide bonds. The second-order valence-corrected chi connectivity index (χ2v) is 7.37. The molecule has 1 aliphatic rings. The highest BCUT2D eigenvalue weighted by molar-refractivity contribution is 7.07. The maximum atomic E-state index is 12.4.